The van der Waals surface area contributed by atoms with Gasteiger partial charge in [0.05, 0.1) is 17.6 Å². The number of aromatic nitrogens is 2. The van der Waals surface area contributed by atoms with Crippen molar-refractivity contribution in [2.75, 3.05) is 12.0 Å². The lowest BCUT2D eigenvalue weighted by Gasteiger charge is -2.03. The third kappa shape index (κ3) is 2.55. The van der Waals surface area contributed by atoms with E-state index >= 15 is 0 Å². The maximum Gasteiger partial charge on any atom is 0.147 e. The SMILES string of the molecule is CS(=O)(=O)CCc1nncc2ccccc12. The fourth-order valence-corrected chi connectivity index (χ4v) is 2.12. The second-order valence-corrected chi connectivity index (χ2v) is 6.02. The van der Waals surface area contributed by atoms with E-state index in [1.807, 2.05) is 24.3 Å². The molecular formula is C11H12N2O2S. The number of sulfone groups is 1. The van der Waals surface area contributed by atoms with Crippen LogP contribution < -0.4 is 0 Å². The summed E-state index contributed by atoms with van der Waals surface area (Å²) in [7, 11) is -2.96. The van der Waals surface area contributed by atoms with Gasteiger partial charge in [-0.15, -0.1) is 0 Å². The molecule has 4 nitrogen and oxygen atoms in total. The molecule has 0 amide bonds. The number of aryl methyl sites for hydroxylation is 1. The molecule has 0 aliphatic heterocycles. The molecule has 2 aromatic rings. The minimum Gasteiger partial charge on any atom is -0.229 e. The fourth-order valence-electron chi connectivity index (χ4n) is 1.55. The third-order valence-corrected chi connectivity index (χ3v) is 3.30. The topological polar surface area (TPSA) is 59.9 Å². The lowest BCUT2D eigenvalue weighted by atomic mass is 10.1. The molecule has 1 aromatic carbocycles. The zero-order valence-corrected chi connectivity index (χ0v) is 9.74. The van der Waals surface area contributed by atoms with Gasteiger partial charge in [0.25, 0.3) is 0 Å². The largest absolute Gasteiger partial charge is 0.229 e. The van der Waals surface area contributed by atoms with E-state index in [4.69, 9.17) is 0 Å². The standard InChI is InChI=1S/C11H12N2O2S/c1-16(14,15)7-6-11-10-5-3-2-4-9(10)8-12-13-11/h2-5,8H,6-7H2,1H3. The Bertz CT molecular complexity index is 603. The highest BCUT2D eigenvalue weighted by Crippen LogP contribution is 2.15. The zero-order valence-electron chi connectivity index (χ0n) is 8.92. The Balaban J connectivity index is 2.38. The maximum absolute atomic E-state index is 11.1. The predicted octanol–water partition coefficient (Wildman–Crippen LogP) is 1.22. The summed E-state index contributed by atoms with van der Waals surface area (Å²) in [6, 6.07) is 7.70. The fraction of sp³-hybridized carbons (Fsp3) is 0.273. The van der Waals surface area contributed by atoms with E-state index < -0.39 is 9.84 Å². The van der Waals surface area contributed by atoms with Crippen LogP contribution in [0.1, 0.15) is 5.69 Å². The normalized spacial score (nSPS) is 11.8. The van der Waals surface area contributed by atoms with Crippen LogP contribution in [0.15, 0.2) is 30.5 Å². The Labute approximate surface area is 94.2 Å². The number of benzene rings is 1. The Morgan fingerprint density at radius 2 is 2.00 bits per heavy atom. The van der Waals surface area contributed by atoms with Crippen LogP contribution in [0.5, 0.6) is 0 Å². The van der Waals surface area contributed by atoms with Crippen LogP contribution in [0.25, 0.3) is 10.8 Å². The zero-order chi connectivity index (χ0) is 11.6. The lowest BCUT2D eigenvalue weighted by molar-refractivity contribution is 0.600. The molecule has 1 aromatic heterocycles. The predicted molar refractivity (Wildman–Crippen MR) is 63.0 cm³/mol. The molecule has 0 N–H and O–H groups in total. The first-order valence-electron chi connectivity index (χ1n) is 4.93. The van der Waals surface area contributed by atoms with Gasteiger partial charge in [-0.05, 0) is 0 Å². The molecule has 0 fully saturated rings. The highest BCUT2D eigenvalue weighted by Gasteiger charge is 2.07. The van der Waals surface area contributed by atoms with Gasteiger partial charge in [0.2, 0.25) is 0 Å². The van der Waals surface area contributed by atoms with Crippen molar-refractivity contribution in [3.63, 3.8) is 0 Å². The summed E-state index contributed by atoms with van der Waals surface area (Å²) >= 11 is 0. The second-order valence-electron chi connectivity index (χ2n) is 3.76. The molecule has 0 unspecified atom stereocenters. The Kier molecular flexibility index (Phi) is 2.87. The van der Waals surface area contributed by atoms with Gasteiger partial charge in [0, 0.05) is 23.4 Å². The molecule has 0 bridgehead atoms. The molecule has 1 heterocycles. The molecule has 5 heteroatoms. The molecule has 84 valence electrons. The van der Waals surface area contributed by atoms with Crippen LogP contribution in [0.2, 0.25) is 0 Å². The van der Waals surface area contributed by atoms with Crippen LogP contribution in [0.3, 0.4) is 0 Å². The smallest absolute Gasteiger partial charge is 0.147 e. The highest BCUT2D eigenvalue weighted by atomic mass is 32.2. The first-order valence-corrected chi connectivity index (χ1v) is 6.99. The van der Waals surface area contributed by atoms with Crippen molar-refractivity contribution in [2.45, 2.75) is 6.42 Å². The van der Waals surface area contributed by atoms with E-state index in [0.29, 0.717) is 6.42 Å². The van der Waals surface area contributed by atoms with Gasteiger partial charge in [-0.25, -0.2) is 8.42 Å². The van der Waals surface area contributed by atoms with Gasteiger partial charge in [-0.3, -0.25) is 0 Å². The summed E-state index contributed by atoms with van der Waals surface area (Å²) < 4.78 is 22.2. The lowest BCUT2D eigenvalue weighted by Crippen LogP contribution is -2.07. The Morgan fingerprint density at radius 1 is 1.25 bits per heavy atom. The van der Waals surface area contributed by atoms with Crippen molar-refractivity contribution >= 4 is 20.6 Å². The minimum atomic E-state index is -2.96. The minimum absolute atomic E-state index is 0.107. The van der Waals surface area contributed by atoms with E-state index in [0.717, 1.165) is 16.5 Å². The van der Waals surface area contributed by atoms with Crippen molar-refractivity contribution < 1.29 is 8.42 Å². The van der Waals surface area contributed by atoms with Gasteiger partial charge in [-0.1, -0.05) is 24.3 Å². The van der Waals surface area contributed by atoms with Gasteiger partial charge < -0.3 is 0 Å². The van der Waals surface area contributed by atoms with Gasteiger partial charge in [-0.2, -0.15) is 10.2 Å². The number of rotatable bonds is 3. The molecule has 0 saturated heterocycles. The maximum atomic E-state index is 11.1. The summed E-state index contributed by atoms with van der Waals surface area (Å²) in [6.07, 6.45) is 3.32. The number of fused-ring (bicyclic) bond motifs is 1. The molecule has 0 saturated carbocycles. The van der Waals surface area contributed by atoms with E-state index in [2.05, 4.69) is 10.2 Å². The van der Waals surface area contributed by atoms with Crippen LogP contribution >= 0.6 is 0 Å². The van der Waals surface area contributed by atoms with Gasteiger partial charge >= 0.3 is 0 Å². The summed E-state index contributed by atoms with van der Waals surface area (Å²) in [4.78, 5) is 0. The van der Waals surface area contributed by atoms with E-state index in [9.17, 15) is 8.42 Å². The van der Waals surface area contributed by atoms with Crippen molar-refractivity contribution in [3.8, 4) is 0 Å². The molecule has 0 atom stereocenters. The molecule has 2 rings (SSSR count). The third-order valence-electron chi connectivity index (χ3n) is 2.36. The summed E-state index contributed by atoms with van der Waals surface area (Å²) in [6.45, 7) is 0. The van der Waals surface area contributed by atoms with Crippen molar-refractivity contribution in [3.05, 3.63) is 36.2 Å². The average Bonchev–Trinajstić information content (AvgIpc) is 2.25. The number of nitrogens with zero attached hydrogens (tertiary/aromatic N) is 2. The van der Waals surface area contributed by atoms with Crippen LogP contribution in [-0.4, -0.2) is 30.6 Å². The molecule has 0 aliphatic rings. The first kappa shape index (κ1) is 11.0. The van der Waals surface area contributed by atoms with E-state index in [1.54, 1.807) is 6.20 Å². The van der Waals surface area contributed by atoms with Crippen LogP contribution in [-0.2, 0) is 16.3 Å². The molecule has 16 heavy (non-hydrogen) atoms. The van der Waals surface area contributed by atoms with Crippen LogP contribution in [0.4, 0.5) is 0 Å². The second kappa shape index (κ2) is 4.17. The molecule has 0 aliphatic carbocycles. The van der Waals surface area contributed by atoms with Crippen molar-refractivity contribution in [2.24, 2.45) is 0 Å². The average molecular weight is 236 g/mol. The van der Waals surface area contributed by atoms with E-state index in [1.165, 1.54) is 6.26 Å². The number of hydrogen-bond donors (Lipinski definition) is 0. The van der Waals surface area contributed by atoms with Crippen LogP contribution in [0, 0.1) is 0 Å². The Morgan fingerprint density at radius 3 is 2.75 bits per heavy atom. The Hall–Kier alpha value is -1.49. The quantitative estimate of drug-likeness (QED) is 0.804. The first-order chi connectivity index (χ1) is 7.56. The monoisotopic (exact) mass is 236 g/mol. The van der Waals surface area contributed by atoms with Gasteiger partial charge in [0.1, 0.15) is 9.84 Å². The van der Waals surface area contributed by atoms with Crippen molar-refractivity contribution in [1.29, 1.82) is 0 Å². The van der Waals surface area contributed by atoms with E-state index in [-0.39, 0.29) is 5.75 Å². The molecule has 0 spiro atoms. The summed E-state index contributed by atoms with van der Waals surface area (Å²) in [5, 5.41) is 9.82. The number of hydrogen-bond acceptors (Lipinski definition) is 4. The summed E-state index contributed by atoms with van der Waals surface area (Å²) in [5.74, 6) is 0.107. The molecular weight excluding hydrogens is 224 g/mol. The highest BCUT2D eigenvalue weighted by molar-refractivity contribution is 7.90. The summed E-state index contributed by atoms with van der Waals surface area (Å²) in [5.41, 5.74) is 0.739. The van der Waals surface area contributed by atoms with Crippen molar-refractivity contribution in [1.82, 2.24) is 10.2 Å². The van der Waals surface area contributed by atoms with Gasteiger partial charge in [0.15, 0.2) is 0 Å². The molecule has 0 radical (unpaired) electrons.